The summed E-state index contributed by atoms with van der Waals surface area (Å²) in [7, 11) is 0. The van der Waals surface area contributed by atoms with Gasteiger partial charge in [-0.3, -0.25) is 0 Å². The summed E-state index contributed by atoms with van der Waals surface area (Å²) in [5.41, 5.74) is 0.429. The molecule has 0 atom stereocenters. The lowest BCUT2D eigenvalue weighted by Crippen LogP contribution is -2.17. The largest absolute Gasteiger partial charge is 0.573 e. The van der Waals surface area contributed by atoms with Gasteiger partial charge in [0.1, 0.15) is 17.4 Å². The van der Waals surface area contributed by atoms with Crippen LogP contribution in [0.5, 0.6) is 5.75 Å². The molecule has 2 nitrogen and oxygen atoms in total. The summed E-state index contributed by atoms with van der Waals surface area (Å²) in [5, 5.41) is 9.19. The Morgan fingerprint density at radius 2 is 1.48 bits per heavy atom. The highest BCUT2D eigenvalue weighted by molar-refractivity contribution is 5.66. The molecule has 0 bridgehead atoms. The van der Waals surface area contributed by atoms with Crippen molar-refractivity contribution in [2.45, 2.75) is 38.0 Å². The van der Waals surface area contributed by atoms with Crippen molar-refractivity contribution in [1.82, 2.24) is 0 Å². The minimum absolute atomic E-state index is 0.0356. The highest BCUT2D eigenvalue weighted by Crippen LogP contribution is 2.38. The first kappa shape index (κ1) is 19.6. The van der Waals surface area contributed by atoms with E-state index in [4.69, 9.17) is 0 Å². The molecule has 2 aromatic carbocycles. The smallest absolute Gasteiger partial charge is 0.406 e. The van der Waals surface area contributed by atoms with E-state index in [0.717, 1.165) is 37.8 Å². The lowest BCUT2D eigenvalue weighted by molar-refractivity contribution is -0.274. The Hall–Kier alpha value is -2.15. The highest BCUT2D eigenvalue weighted by Gasteiger charge is 2.31. The van der Waals surface area contributed by atoms with Crippen LogP contribution < -0.4 is 4.74 Å². The minimum Gasteiger partial charge on any atom is -0.406 e. The molecule has 0 unspecified atom stereocenters. The average Bonchev–Trinajstić information content (AvgIpc) is 2.61. The Labute approximate surface area is 153 Å². The van der Waals surface area contributed by atoms with Crippen molar-refractivity contribution in [3.8, 4) is 16.9 Å². The Bertz CT molecular complexity index is 755. The monoisotopic (exact) mass is 386 g/mol. The molecule has 0 radical (unpaired) electrons. The third-order valence-corrected chi connectivity index (χ3v) is 5.02. The molecule has 1 saturated carbocycles. The fraction of sp³-hybridized carbons (Fsp3) is 0.400. The van der Waals surface area contributed by atoms with Gasteiger partial charge in [0.05, 0.1) is 5.56 Å². The molecular formula is C20H19F5O2. The van der Waals surface area contributed by atoms with Crippen LogP contribution >= 0.6 is 0 Å². The molecule has 0 amide bonds. The number of rotatable bonds is 4. The molecule has 0 aromatic heterocycles. The maximum absolute atomic E-state index is 14.6. The van der Waals surface area contributed by atoms with Gasteiger partial charge in [0.15, 0.2) is 0 Å². The third kappa shape index (κ3) is 4.77. The number of aliphatic hydroxyl groups excluding tert-OH is 1. The van der Waals surface area contributed by atoms with Gasteiger partial charge in [-0.25, -0.2) is 8.78 Å². The molecule has 1 N–H and O–H groups in total. The summed E-state index contributed by atoms with van der Waals surface area (Å²) >= 11 is 0. The van der Waals surface area contributed by atoms with E-state index in [9.17, 15) is 27.1 Å². The maximum atomic E-state index is 14.6. The maximum Gasteiger partial charge on any atom is 0.573 e. The summed E-state index contributed by atoms with van der Waals surface area (Å²) < 4.78 is 69.5. The van der Waals surface area contributed by atoms with E-state index < -0.39 is 23.7 Å². The first-order valence-electron chi connectivity index (χ1n) is 8.73. The molecular weight excluding hydrogens is 367 g/mol. The lowest BCUT2D eigenvalue weighted by Gasteiger charge is -2.27. The van der Waals surface area contributed by atoms with Crippen LogP contribution in [0.25, 0.3) is 11.1 Å². The van der Waals surface area contributed by atoms with Crippen molar-refractivity contribution in [3.63, 3.8) is 0 Å². The highest BCUT2D eigenvalue weighted by atomic mass is 19.4. The second-order valence-electron chi connectivity index (χ2n) is 6.83. The number of hydrogen-bond donors (Lipinski definition) is 1. The Morgan fingerprint density at radius 1 is 0.926 bits per heavy atom. The second-order valence-corrected chi connectivity index (χ2v) is 6.83. The fourth-order valence-corrected chi connectivity index (χ4v) is 3.61. The van der Waals surface area contributed by atoms with Crippen molar-refractivity contribution in [2.24, 2.45) is 5.92 Å². The molecule has 7 heteroatoms. The van der Waals surface area contributed by atoms with Gasteiger partial charge in [-0.05, 0) is 72.9 Å². The minimum atomic E-state index is -4.82. The molecule has 0 spiro atoms. The van der Waals surface area contributed by atoms with Gasteiger partial charge in [0.25, 0.3) is 0 Å². The van der Waals surface area contributed by atoms with E-state index >= 15 is 0 Å². The van der Waals surface area contributed by atoms with Crippen molar-refractivity contribution in [2.75, 3.05) is 6.61 Å². The van der Waals surface area contributed by atoms with E-state index in [2.05, 4.69) is 4.74 Å². The molecule has 146 valence electrons. The second kappa shape index (κ2) is 7.84. The molecule has 0 saturated heterocycles. The number of ether oxygens (including phenoxy) is 1. The van der Waals surface area contributed by atoms with Gasteiger partial charge in [-0.15, -0.1) is 13.2 Å². The third-order valence-electron chi connectivity index (χ3n) is 5.02. The molecule has 1 aliphatic carbocycles. The summed E-state index contributed by atoms with van der Waals surface area (Å²) in [5.74, 6) is -1.68. The predicted octanol–water partition coefficient (Wildman–Crippen LogP) is 5.80. The number of alkyl halides is 3. The Balaban J connectivity index is 1.81. The van der Waals surface area contributed by atoms with E-state index in [0.29, 0.717) is 5.56 Å². The van der Waals surface area contributed by atoms with E-state index in [-0.39, 0.29) is 29.6 Å². The zero-order valence-electron chi connectivity index (χ0n) is 14.4. The zero-order valence-corrected chi connectivity index (χ0v) is 14.4. The fourth-order valence-electron chi connectivity index (χ4n) is 3.61. The van der Waals surface area contributed by atoms with Crippen molar-refractivity contribution in [1.29, 1.82) is 0 Å². The number of halogens is 5. The molecule has 0 heterocycles. The van der Waals surface area contributed by atoms with Crippen LogP contribution in [0, 0.1) is 17.6 Å². The number of aliphatic hydroxyl groups is 1. The Morgan fingerprint density at radius 3 is 1.96 bits per heavy atom. The van der Waals surface area contributed by atoms with E-state index in [1.165, 1.54) is 24.3 Å². The van der Waals surface area contributed by atoms with Gasteiger partial charge in [-0.2, -0.15) is 0 Å². The van der Waals surface area contributed by atoms with Gasteiger partial charge in [0.2, 0.25) is 0 Å². The standard InChI is InChI=1S/C20H19F5O2/c21-17-9-15(13-3-1-12(11-26)2-4-13)10-18(22)19(17)14-5-7-16(8-6-14)27-20(23,24)25/h5-10,12-13,26H,1-4,11H2. The summed E-state index contributed by atoms with van der Waals surface area (Å²) in [6.45, 7) is 0.127. The summed E-state index contributed by atoms with van der Waals surface area (Å²) in [4.78, 5) is 0. The predicted molar refractivity (Wildman–Crippen MR) is 90.3 cm³/mol. The molecule has 1 aliphatic rings. The number of benzene rings is 2. The average molecular weight is 386 g/mol. The molecule has 3 rings (SSSR count). The van der Waals surface area contributed by atoms with E-state index in [1.54, 1.807) is 0 Å². The molecule has 27 heavy (non-hydrogen) atoms. The molecule has 1 fully saturated rings. The van der Waals surface area contributed by atoms with Crippen LogP contribution in [0.15, 0.2) is 36.4 Å². The zero-order chi connectivity index (χ0) is 19.6. The topological polar surface area (TPSA) is 29.5 Å². The Kier molecular flexibility index (Phi) is 5.69. The van der Waals surface area contributed by atoms with Crippen LogP contribution in [0.4, 0.5) is 22.0 Å². The van der Waals surface area contributed by atoms with Crippen LogP contribution in [0.1, 0.15) is 37.2 Å². The van der Waals surface area contributed by atoms with Crippen LogP contribution in [-0.2, 0) is 0 Å². The van der Waals surface area contributed by atoms with Crippen LogP contribution in [0.3, 0.4) is 0 Å². The van der Waals surface area contributed by atoms with Gasteiger partial charge < -0.3 is 9.84 Å². The van der Waals surface area contributed by atoms with Crippen molar-refractivity contribution in [3.05, 3.63) is 53.6 Å². The van der Waals surface area contributed by atoms with Crippen LogP contribution in [-0.4, -0.2) is 18.1 Å². The van der Waals surface area contributed by atoms with Gasteiger partial charge in [-0.1, -0.05) is 12.1 Å². The first-order valence-corrected chi connectivity index (χ1v) is 8.73. The summed E-state index contributed by atoms with van der Waals surface area (Å²) in [6, 6.07) is 7.01. The number of hydrogen-bond acceptors (Lipinski definition) is 2. The first-order chi connectivity index (χ1) is 12.8. The normalized spacial score (nSPS) is 20.5. The summed E-state index contributed by atoms with van der Waals surface area (Å²) in [6.07, 6.45) is -1.69. The molecule has 0 aliphatic heterocycles. The quantitative estimate of drug-likeness (QED) is 0.674. The van der Waals surface area contributed by atoms with Crippen molar-refractivity contribution >= 4 is 0 Å². The van der Waals surface area contributed by atoms with Gasteiger partial charge in [0, 0.05) is 6.61 Å². The SMILES string of the molecule is OCC1CCC(c2cc(F)c(-c3ccc(OC(F)(F)F)cc3)c(F)c2)CC1. The van der Waals surface area contributed by atoms with E-state index in [1.807, 2.05) is 0 Å². The van der Waals surface area contributed by atoms with Crippen LogP contribution in [0.2, 0.25) is 0 Å². The lowest BCUT2D eigenvalue weighted by atomic mass is 9.78. The molecule has 2 aromatic rings. The van der Waals surface area contributed by atoms with Gasteiger partial charge >= 0.3 is 6.36 Å². The van der Waals surface area contributed by atoms with Crippen molar-refractivity contribution < 1.29 is 31.8 Å².